The van der Waals surface area contributed by atoms with Gasteiger partial charge in [0, 0.05) is 24.5 Å². The molecule has 94 valence electrons. The number of halogens is 2. The van der Waals surface area contributed by atoms with E-state index in [0.717, 1.165) is 11.1 Å². The van der Waals surface area contributed by atoms with Gasteiger partial charge in [-0.2, -0.15) is 0 Å². The Kier molecular flexibility index (Phi) is 4.12. The lowest BCUT2D eigenvalue weighted by Crippen LogP contribution is -2.01. The van der Waals surface area contributed by atoms with Gasteiger partial charge in [-0.1, -0.05) is 17.7 Å². The Morgan fingerprint density at radius 2 is 2.17 bits per heavy atom. The topological polar surface area (TPSA) is 48.1 Å². The van der Waals surface area contributed by atoms with Crippen molar-refractivity contribution in [3.05, 3.63) is 58.6 Å². The Labute approximate surface area is 109 Å². The maximum Gasteiger partial charge on any atom is 0.165 e. The number of benzene rings is 1. The van der Waals surface area contributed by atoms with Crippen LogP contribution in [0.15, 0.2) is 36.7 Å². The third-order valence-corrected chi connectivity index (χ3v) is 2.81. The van der Waals surface area contributed by atoms with Crippen molar-refractivity contribution in [1.82, 2.24) is 4.98 Å². The molecule has 1 aromatic carbocycles. The number of hydrogen-bond acceptors (Lipinski definition) is 3. The van der Waals surface area contributed by atoms with Gasteiger partial charge in [0.05, 0.1) is 5.02 Å². The highest BCUT2D eigenvalue weighted by molar-refractivity contribution is 6.31. The highest BCUT2D eigenvalue weighted by Crippen LogP contribution is 2.21. The summed E-state index contributed by atoms with van der Waals surface area (Å²) in [6.07, 6.45) is 3.13. The third kappa shape index (κ3) is 2.97. The van der Waals surface area contributed by atoms with Crippen molar-refractivity contribution in [2.24, 2.45) is 5.73 Å². The minimum Gasteiger partial charge on any atom is -0.486 e. The normalized spacial score (nSPS) is 10.4. The third-order valence-electron chi connectivity index (χ3n) is 2.47. The van der Waals surface area contributed by atoms with E-state index < -0.39 is 5.82 Å². The molecule has 0 saturated heterocycles. The minimum atomic E-state index is -0.428. The standard InChI is InChI=1S/C13H12ClFN2O/c14-11-7-17-4-3-10(11)8-18-13-2-1-9(6-16)5-12(13)15/h1-5,7H,6,8,16H2. The lowest BCUT2D eigenvalue weighted by molar-refractivity contribution is 0.290. The molecule has 0 saturated carbocycles. The quantitative estimate of drug-likeness (QED) is 0.926. The molecule has 0 bridgehead atoms. The fourth-order valence-corrected chi connectivity index (χ4v) is 1.64. The monoisotopic (exact) mass is 266 g/mol. The van der Waals surface area contributed by atoms with E-state index in [1.165, 1.54) is 12.3 Å². The molecule has 0 aliphatic heterocycles. The Bertz CT molecular complexity index is 548. The zero-order chi connectivity index (χ0) is 13.0. The van der Waals surface area contributed by atoms with Crippen molar-refractivity contribution in [2.45, 2.75) is 13.2 Å². The van der Waals surface area contributed by atoms with Gasteiger partial charge in [-0.05, 0) is 23.8 Å². The summed E-state index contributed by atoms with van der Waals surface area (Å²) in [5.74, 6) is -0.247. The van der Waals surface area contributed by atoms with E-state index in [9.17, 15) is 4.39 Å². The summed E-state index contributed by atoms with van der Waals surface area (Å²) < 4.78 is 19.0. The minimum absolute atomic E-state index is 0.181. The first-order valence-corrected chi connectivity index (χ1v) is 5.78. The number of pyridine rings is 1. The first-order chi connectivity index (χ1) is 8.70. The van der Waals surface area contributed by atoms with E-state index in [-0.39, 0.29) is 12.4 Å². The van der Waals surface area contributed by atoms with Gasteiger partial charge < -0.3 is 10.5 Å². The molecule has 2 rings (SSSR count). The van der Waals surface area contributed by atoms with Crippen LogP contribution in [0.3, 0.4) is 0 Å². The SMILES string of the molecule is NCc1ccc(OCc2ccncc2Cl)c(F)c1. The number of hydrogen-bond donors (Lipinski definition) is 1. The van der Waals surface area contributed by atoms with Crippen molar-refractivity contribution in [3.8, 4) is 5.75 Å². The van der Waals surface area contributed by atoms with Crippen LogP contribution in [-0.4, -0.2) is 4.98 Å². The average molecular weight is 267 g/mol. The molecule has 1 aromatic heterocycles. The van der Waals surface area contributed by atoms with Gasteiger partial charge in [0.25, 0.3) is 0 Å². The summed E-state index contributed by atoms with van der Waals surface area (Å²) in [5.41, 5.74) is 6.90. The van der Waals surface area contributed by atoms with Crippen LogP contribution in [0.2, 0.25) is 5.02 Å². The van der Waals surface area contributed by atoms with Crippen molar-refractivity contribution in [3.63, 3.8) is 0 Å². The second-order valence-corrected chi connectivity index (χ2v) is 4.13. The summed E-state index contributed by atoms with van der Waals surface area (Å²) >= 11 is 5.93. The Morgan fingerprint density at radius 1 is 1.33 bits per heavy atom. The molecule has 18 heavy (non-hydrogen) atoms. The number of nitrogens with zero attached hydrogens (tertiary/aromatic N) is 1. The average Bonchev–Trinajstić information content (AvgIpc) is 2.39. The first kappa shape index (κ1) is 12.8. The fourth-order valence-electron chi connectivity index (χ4n) is 1.46. The van der Waals surface area contributed by atoms with Gasteiger partial charge in [-0.15, -0.1) is 0 Å². The summed E-state index contributed by atoms with van der Waals surface area (Å²) in [6, 6.07) is 6.39. The van der Waals surface area contributed by atoms with Crippen molar-refractivity contribution < 1.29 is 9.13 Å². The van der Waals surface area contributed by atoms with Crippen LogP contribution in [-0.2, 0) is 13.2 Å². The van der Waals surface area contributed by atoms with Crippen LogP contribution in [0.1, 0.15) is 11.1 Å². The largest absolute Gasteiger partial charge is 0.486 e. The molecule has 3 nitrogen and oxygen atoms in total. The number of ether oxygens (including phenoxy) is 1. The smallest absolute Gasteiger partial charge is 0.165 e. The van der Waals surface area contributed by atoms with E-state index in [2.05, 4.69) is 4.98 Å². The molecule has 0 amide bonds. The lowest BCUT2D eigenvalue weighted by atomic mass is 10.2. The van der Waals surface area contributed by atoms with E-state index in [4.69, 9.17) is 22.1 Å². The van der Waals surface area contributed by atoms with Gasteiger partial charge in [0.1, 0.15) is 6.61 Å². The van der Waals surface area contributed by atoms with Crippen LogP contribution in [0.5, 0.6) is 5.75 Å². The van der Waals surface area contributed by atoms with E-state index in [0.29, 0.717) is 11.6 Å². The van der Waals surface area contributed by atoms with Crippen molar-refractivity contribution in [1.29, 1.82) is 0 Å². The molecule has 0 atom stereocenters. The molecule has 0 fully saturated rings. The Morgan fingerprint density at radius 3 is 2.83 bits per heavy atom. The Balaban J connectivity index is 2.09. The first-order valence-electron chi connectivity index (χ1n) is 5.40. The molecule has 0 spiro atoms. The van der Waals surface area contributed by atoms with Gasteiger partial charge in [-0.25, -0.2) is 4.39 Å². The van der Waals surface area contributed by atoms with Gasteiger partial charge in [0.15, 0.2) is 11.6 Å². The number of rotatable bonds is 4. The van der Waals surface area contributed by atoms with Crippen LogP contribution in [0, 0.1) is 5.82 Å². The molecular weight excluding hydrogens is 255 g/mol. The lowest BCUT2D eigenvalue weighted by Gasteiger charge is -2.09. The second kappa shape index (κ2) is 5.80. The molecular formula is C13H12ClFN2O. The zero-order valence-corrected chi connectivity index (χ0v) is 10.3. The molecule has 2 aromatic rings. The van der Waals surface area contributed by atoms with Crippen molar-refractivity contribution in [2.75, 3.05) is 0 Å². The van der Waals surface area contributed by atoms with Crippen LogP contribution in [0.25, 0.3) is 0 Å². The van der Waals surface area contributed by atoms with Crippen LogP contribution in [0.4, 0.5) is 4.39 Å². The predicted molar refractivity (Wildman–Crippen MR) is 67.9 cm³/mol. The maximum absolute atomic E-state index is 13.6. The van der Waals surface area contributed by atoms with Crippen LogP contribution < -0.4 is 10.5 Å². The molecule has 0 aliphatic rings. The molecule has 5 heteroatoms. The van der Waals surface area contributed by atoms with Crippen molar-refractivity contribution >= 4 is 11.6 Å². The van der Waals surface area contributed by atoms with Gasteiger partial charge >= 0.3 is 0 Å². The zero-order valence-electron chi connectivity index (χ0n) is 9.57. The van der Waals surface area contributed by atoms with E-state index in [1.54, 1.807) is 24.4 Å². The van der Waals surface area contributed by atoms with Crippen LogP contribution >= 0.6 is 11.6 Å². The van der Waals surface area contributed by atoms with Gasteiger partial charge in [-0.3, -0.25) is 4.98 Å². The number of nitrogens with two attached hydrogens (primary N) is 1. The predicted octanol–water partition coefficient (Wildman–Crippen LogP) is 2.91. The molecule has 0 unspecified atom stereocenters. The molecule has 1 heterocycles. The van der Waals surface area contributed by atoms with Gasteiger partial charge in [0.2, 0.25) is 0 Å². The summed E-state index contributed by atoms with van der Waals surface area (Å²) in [4.78, 5) is 3.86. The second-order valence-electron chi connectivity index (χ2n) is 3.72. The highest BCUT2D eigenvalue weighted by atomic mass is 35.5. The summed E-state index contributed by atoms with van der Waals surface area (Å²) in [7, 11) is 0. The maximum atomic E-state index is 13.6. The Hall–Kier alpha value is -1.65. The summed E-state index contributed by atoms with van der Waals surface area (Å²) in [5, 5.41) is 0.497. The molecule has 2 N–H and O–H groups in total. The van der Waals surface area contributed by atoms with E-state index >= 15 is 0 Å². The number of aromatic nitrogens is 1. The van der Waals surface area contributed by atoms with E-state index in [1.807, 2.05) is 0 Å². The molecule has 0 radical (unpaired) electrons. The molecule has 0 aliphatic carbocycles. The highest BCUT2D eigenvalue weighted by Gasteiger charge is 2.06. The fraction of sp³-hybridized carbons (Fsp3) is 0.154. The summed E-state index contributed by atoms with van der Waals surface area (Å²) in [6.45, 7) is 0.494.